The summed E-state index contributed by atoms with van der Waals surface area (Å²) in [4.78, 5) is 13.3. The van der Waals surface area contributed by atoms with Gasteiger partial charge in [-0.05, 0) is 24.8 Å². The summed E-state index contributed by atoms with van der Waals surface area (Å²) in [6.45, 7) is 2.39. The molecule has 0 saturated carbocycles. The highest BCUT2D eigenvalue weighted by Gasteiger charge is 2.16. The molecule has 6 heteroatoms. The van der Waals surface area contributed by atoms with Crippen molar-refractivity contribution < 1.29 is 4.74 Å². The van der Waals surface area contributed by atoms with Crippen LogP contribution in [0.5, 0.6) is 0 Å². The highest BCUT2D eigenvalue weighted by molar-refractivity contribution is 5.53. The standard InChI is InChI=1S/C20H23N5O/c1-2-6-16(7-3-1)12-22-20-23-13-17(14-24-20)19-21-9-10-25(19)15-18-8-4-5-11-26-18/h1-3,6-7,9-10,13-14,18H,4-5,8,11-12,15H2,(H,22,23,24)/t18-/m1/s1. The Kier molecular flexibility index (Phi) is 5.21. The fourth-order valence-corrected chi connectivity index (χ4v) is 3.20. The number of nitrogens with zero attached hydrogens (tertiary/aromatic N) is 4. The molecule has 1 aliphatic heterocycles. The largest absolute Gasteiger partial charge is 0.376 e. The Labute approximate surface area is 153 Å². The maximum atomic E-state index is 5.85. The van der Waals surface area contributed by atoms with Gasteiger partial charge in [-0.15, -0.1) is 0 Å². The molecule has 0 spiro atoms. The van der Waals surface area contributed by atoms with Crippen molar-refractivity contribution in [2.24, 2.45) is 0 Å². The Morgan fingerprint density at radius 1 is 1.08 bits per heavy atom. The molecule has 0 radical (unpaired) electrons. The van der Waals surface area contributed by atoms with Gasteiger partial charge < -0.3 is 14.6 Å². The number of benzene rings is 1. The quantitative estimate of drug-likeness (QED) is 0.738. The van der Waals surface area contributed by atoms with Crippen molar-refractivity contribution in [3.63, 3.8) is 0 Å². The first-order chi connectivity index (χ1) is 12.9. The van der Waals surface area contributed by atoms with Crippen LogP contribution in [0.15, 0.2) is 55.1 Å². The van der Waals surface area contributed by atoms with Crippen LogP contribution in [-0.4, -0.2) is 32.2 Å². The van der Waals surface area contributed by atoms with Gasteiger partial charge in [0.1, 0.15) is 5.82 Å². The van der Waals surface area contributed by atoms with Crippen LogP contribution < -0.4 is 5.32 Å². The van der Waals surface area contributed by atoms with E-state index in [2.05, 4.69) is 37.0 Å². The predicted octanol–water partition coefficient (Wildman–Crippen LogP) is 3.52. The second kappa shape index (κ2) is 8.10. The molecule has 4 rings (SSSR count). The van der Waals surface area contributed by atoms with E-state index >= 15 is 0 Å². The number of hydrogen-bond acceptors (Lipinski definition) is 5. The summed E-state index contributed by atoms with van der Waals surface area (Å²) in [6.07, 6.45) is 11.2. The molecule has 3 aromatic rings. The highest BCUT2D eigenvalue weighted by Crippen LogP contribution is 2.20. The van der Waals surface area contributed by atoms with E-state index in [9.17, 15) is 0 Å². The van der Waals surface area contributed by atoms with Gasteiger partial charge in [-0.1, -0.05) is 30.3 Å². The SMILES string of the molecule is c1ccc(CNc2ncc(-c3nccn3C[C@H]3CCCCO3)cn2)cc1. The molecule has 1 aromatic carbocycles. The van der Waals surface area contributed by atoms with Gasteiger partial charge in [-0.3, -0.25) is 0 Å². The van der Waals surface area contributed by atoms with E-state index in [-0.39, 0.29) is 6.10 Å². The summed E-state index contributed by atoms with van der Waals surface area (Å²) in [6, 6.07) is 10.2. The lowest BCUT2D eigenvalue weighted by Crippen LogP contribution is -2.24. The summed E-state index contributed by atoms with van der Waals surface area (Å²) < 4.78 is 7.98. The first-order valence-corrected chi connectivity index (χ1v) is 9.11. The van der Waals surface area contributed by atoms with Crippen LogP contribution in [0.4, 0.5) is 5.95 Å². The van der Waals surface area contributed by atoms with Crippen LogP contribution in [0, 0.1) is 0 Å². The van der Waals surface area contributed by atoms with Gasteiger partial charge in [0.15, 0.2) is 0 Å². The number of aromatic nitrogens is 4. The van der Waals surface area contributed by atoms with Gasteiger partial charge in [0.2, 0.25) is 5.95 Å². The van der Waals surface area contributed by atoms with Crippen LogP contribution >= 0.6 is 0 Å². The highest BCUT2D eigenvalue weighted by atomic mass is 16.5. The summed E-state index contributed by atoms with van der Waals surface area (Å²) >= 11 is 0. The maximum absolute atomic E-state index is 5.85. The fraction of sp³-hybridized carbons (Fsp3) is 0.350. The molecular formula is C20H23N5O. The molecule has 26 heavy (non-hydrogen) atoms. The molecule has 0 bridgehead atoms. The normalized spacial score (nSPS) is 17.2. The van der Waals surface area contributed by atoms with E-state index in [1.54, 1.807) is 0 Å². The van der Waals surface area contributed by atoms with Crippen molar-refractivity contribution in [2.75, 3.05) is 11.9 Å². The third-order valence-electron chi connectivity index (χ3n) is 4.59. The van der Waals surface area contributed by atoms with Gasteiger partial charge in [0, 0.05) is 37.9 Å². The lowest BCUT2D eigenvalue weighted by Gasteiger charge is -2.23. The number of hydrogen-bond donors (Lipinski definition) is 1. The second-order valence-corrected chi connectivity index (χ2v) is 6.53. The van der Waals surface area contributed by atoms with Crippen LogP contribution in [0.25, 0.3) is 11.4 Å². The molecule has 0 unspecified atom stereocenters. The molecule has 1 fully saturated rings. The Bertz CT molecular complexity index is 810. The Morgan fingerprint density at radius 3 is 2.69 bits per heavy atom. The molecule has 1 aliphatic rings. The zero-order valence-corrected chi connectivity index (χ0v) is 14.7. The molecule has 134 valence electrons. The van der Waals surface area contributed by atoms with Crippen molar-refractivity contribution in [2.45, 2.75) is 38.5 Å². The zero-order valence-electron chi connectivity index (χ0n) is 14.7. The van der Waals surface area contributed by atoms with E-state index in [4.69, 9.17) is 4.74 Å². The Hall–Kier alpha value is -2.73. The number of anilines is 1. The molecule has 1 N–H and O–H groups in total. The minimum Gasteiger partial charge on any atom is -0.376 e. The number of rotatable bonds is 6. The molecule has 0 aliphatic carbocycles. The van der Waals surface area contributed by atoms with Gasteiger partial charge in [-0.25, -0.2) is 15.0 Å². The molecule has 2 aromatic heterocycles. The van der Waals surface area contributed by atoms with E-state index in [1.807, 2.05) is 43.0 Å². The molecule has 1 atom stereocenters. The first-order valence-electron chi connectivity index (χ1n) is 9.11. The smallest absolute Gasteiger partial charge is 0.222 e. The first kappa shape index (κ1) is 16.7. The average molecular weight is 349 g/mol. The Balaban J connectivity index is 1.41. The van der Waals surface area contributed by atoms with Crippen molar-refractivity contribution >= 4 is 5.95 Å². The van der Waals surface area contributed by atoms with E-state index in [0.717, 1.165) is 31.0 Å². The van der Waals surface area contributed by atoms with Crippen molar-refractivity contribution in [3.05, 3.63) is 60.7 Å². The van der Waals surface area contributed by atoms with Gasteiger partial charge in [0.05, 0.1) is 18.2 Å². The number of imidazole rings is 1. The lowest BCUT2D eigenvalue weighted by atomic mass is 10.1. The minimum atomic E-state index is 0.268. The topological polar surface area (TPSA) is 64.9 Å². The van der Waals surface area contributed by atoms with Gasteiger partial charge in [0.25, 0.3) is 0 Å². The maximum Gasteiger partial charge on any atom is 0.222 e. The van der Waals surface area contributed by atoms with Crippen LogP contribution in [0.1, 0.15) is 24.8 Å². The number of nitrogens with one attached hydrogen (secondary N) is 1. The summed E-state index contributed by atoms with van der Waals surface area (Å²) in [5, 5.41) is 3.24. The minimum absolute atomic E-state index is 0.268. The number of ether oxygens (including phenoxy) is 1. The van der Waals surface area contributed by atoms with Gasteiger partial charge in [-0.2, -0.15) is 0 Å². The second-order valence-electron chi connectivity index (χ2n) is 6.53. The van der Waals surface area contributed by atoms with Gasteiger partial charge >= 0.3 is 0 Å². The summed E-state index contributed by atoms with van der Waals surface area (Å²) in [5.74, 6) is 1.50. The van der Waals surface area contributed by atoms with E-state index in [0.29, 0.717) is 12.5 Å². The summed E-state index contributed by atoms with van der Waals surface area (Å²) in [7, 11) is 0. The molecular weight excluding hydrogens is 326 g/mol. The molecule has 3 heterocycles. The molecule has 0 amide bonds. The van der Waals surface area contributed by atoms with Crippen LogP contribution in [0.2, 0.25) is 0 Å². The Morgan fingerprint density at radius 2 is 1.92 bits per heavy atom. The van der Waals surface area contributed by atoms with E-state index < -0.39 is 0 Å². The van der Waals surface area contributed by atoms with Crippen molar-refractivity contribution in [1.82, 2.24) is 19.5 Å². The van der Waals surface area contributed by atoms with E-state index in [1.165, 1.54) is 18.4 Å². The monoisotopic (exact) mass is 349 g/mol. The zero-order chi connectivity index (χ0) is 17.6. The van der Waals surface area contributed by atoms with Crippen LogP contribution in [0.3, 0.4) is 0 Å². The average Bonchev–Trinajstić information content (AvgIpc) is 3.16. The fourth-order valence-electron chi connectivity index (χ4n) is 3.20. The lowest BCUT2D eigenvalue weighted by molar-refractivity contribution is 0.00624. The third-order valence-corrected chi connectivity index (χ3v) is 4.59. The third kappa shape index (κ3) is 4.08. The van der Waals surface area contributed by atoms with Crippen LogP contribution in [-0.2, 0) is 17.8 Å². The predicted molar refractivity (Wildman–Crippen MR) is 101 cm³/mol. The van der Waals surface area contributed by atoms with Crippen molar-refractivity contribution in [1.29, 1.82) is 0 Å². The summed E-state index contributed by atoms with van der Waals surface area (Å²) in [5.41, 5.74) is 2.11. The molecule has 1 saturated heterocycles. The molecule has 6 nitrogen and oxygen atoms in total. The van der Waals surface area contributed by atoms with Crippen molar-refractivity contribution in [3.8, 4) is 11.4 Å².